The van der Waals surface area contributed by atoms with Crippen LogP contribution in [0.4, 0.5) is 0 Å². The van der Waals surface area contributed by atoms with Crippen molar-refractivity contribution in [1.82, 2.24) is 10.1 Å². The minimum Gasteiger partial charge on any atom is -0.339 e. The van der Waals surface area contributed by atoms with Crippen molar-refractivity contribution in [3.05, 3.63) is 34.6 Å². The second-order valence-electron chi connectivity index (χ2n) is 5.62. The molecular weight excluding hydrogens is 318 g/mol. The van der Waals surface area contributed by atoms with Crippen LogP contribution in [0.1, 0.15) is 38.0 Å². The Morgan fingerprint density at radius 3 is 2.80 bits per heavy atom. The van der Waals surface area contributed by atoms with Gasteiger partial charge in [-0.05, 0) is 25.0 Å². The third-order valence-electron chi connectivity index (χ3n) is 3.90. The Morgan fingerprint density at radius 2 is 2.05 bits per heavy atom. The number of nitrogens with zero attached hydrogens (tertiary/aromatic N) is 2. The van der Waals surface area contributed by atoms with E-state index in [1.165, 1.54) is 19.3 Å². The zero-order valence-corrected chi connectivity index (χ0v) is 12.9. The highest BCUT2D eigenvalue weighted by molar-refractivity contribution is 9.10. The van der Waals surface area contributed by atoms with Crippen LogP contribution in [0, 0.1) is 0 Å². The molecule has 4 nitrogen and oxygen atoms in total. The van der Waals surface area contributed by atoms with Gasteiger partial charge in [0.25, 0.3) is 0 Å². The summed E-state index contributed by atoms with van der Waals surface area (Å²) in [5, 5.41) is 4.06. The maximum absolute atomic E-state index is 6.43. The zero-order valence-electron chi connectivity index (χ0n) is 11.3. The Hall–Kier alpha value is -1.20. The van der Waals surface area contributed by atoms with Crippen LogP contribution in [-0.2, 0) is 6.42 Å². The van der Waals surface area contributed by atoms with E-state index in [1.807, 2.05) is 24.3 Å². The van der Waals surface area contributed by atoms with Crippen LogP contribution in [0.15, 0.2) is 33.3 Å². The second kappa shape index (κ2) is 5.66. The molecule has 1 aliphatic carbocycles. The minimum atomic E-state index is -0.167. The average Bonchev–Trinajstić information content (AvgIpc) is 2.87. The second-order valence-corrected chi connectivity index (χ2v) is 6.54. The summed E-state index contributed by atoms with van der Waals surface area (Å²) in [7, 11) is 0. The number of halogens is 1. The first-order chi connectivity index (χ1) is 9.65. The van der Waals surface area contributed by atoms with Crippen LogP contribution < -0.4 is 5.73 Å². The molecule has 1 saturated carbocycles. The molecule has 20 heavy (non-hydrogen) atoms. The van der Waals surface area contributed by atoms with Gasteiger partial charge in [0.15, 0.2) is 0 Å². The Bertz CT molecular complexity index is 590. The van der Waals surface area contributed by atoms with Gasteiger partial charge in [-0.1, -0.05) is 52.5 Å². The van der Waals surface area contributed by atoms with Crippen molar-refractivity contribution in [2.75, 3.05) is 0 Å². The number of benzene rings is 1. The molecule has 0 unspecified atom stereocenters. The number of nitrogens with two attached hydrogens (primary N) is 1. The van der Waals surface area contributed by atoms with Gasteiger partial charge in [-0.3, -0.25) is 0 Å². The summed E-state index contributed by atoms with van der Waals surface area (Å²) in [5.41, 5.74) is 7.21. The molecule has 2 aromatic rings. The zero-order chi connectivity index (χ0) is 14.0. The van der Waals surface area contributed by atoms with Crippen LogP contribution >= 0.6 is 15.9 Å². The number of rotatable bonds is 3. The maximum atomic E-state index is 6.43. The van der Waals surface area contributed by atoms with Gasteiger partial charge in [0.1, 0.15) is 0 Å². The van der Waals surface area contributed by atoms with Crippen molar-refractivity contribution >= 4 is 15.9 Å². The fraction of sp³-hybridized carbons (Fsp3) is 0.467. The average molecular weight is 336 g/mol. The Kier molecular flexibility index (Phi) is 3.89. The third-order valence-corrected chi connectivity index (χ3v) is 4.40. The molecule has 0 aliphatic heterocycles. The van der Waals surface area contributed by atoms with E-state index in [9.17, 15) is 0 Å². The first-order valence-corrected chi connectivity index (χ1v) is 7.81. The van der Waals surface area contributed by atoms with Crippen LogP contribution in [0.25, 0.3) is 11.4 Å². The van der Waals surface area contributed by atoms with E-state index >= 15 is 0 Å². The van der Waals surface area contributed by atoms with Crippen LogP contribution in [0.3, 0.4) is 0 Å². The standard InChI is InChI=1S/C15H18BrN3O/c16-12-6-4-5-11(9-12)14-18-13(20-19-14)10-15(17)7-2-1-3-8-15/h4-6,9H,1-3,7-8,10,17H2. The summed E-state index contributed by atoms with van der Waals surface area (Å²) in [6.45, 7) is 0. The molecular formula is C15H18BrN3O. The van der Waals surface area contributed by atoms with E-state index in [1.54, 1.807) is 0 Å². The smallest absolute Gasteiger partial charge is 0.228 e. The lowest BCUT2D eigenvalue weighted by Crippen LogP contribution is -2.43. The fourth-order valence-corrected chi connectivity index (χ4v) is 3.20. The van der Waals surface area contributed by atoms with Gasteiger partial charge >= 0.3 is 0 Å². The van der Waals surface area contributed by atoms with Crippen molar-refractivity contribution < 1.29 is 4.52 Å². The highest BCUT2D eigenvalue weighted by Crippen LogP contribution is 2.29. The molecule has 0 amide bonds. The van der Waals surface area contributed by atoms with E-state index in [-0.39, 0.29) is 5.54 Å². The van der Waals surface area contributed by atoms with Gasteiger partial charge in [0, 0.05) is 22.0 Å². The lowest BCUT2D eigenvalue weighted by Gasteiger charge is -2.31. The van der Waals surface area contributed by atoms with Gasteiger partial charge in [-0.25, -0.2) is 0 Å². The summed E-state index contributed by atoms with van der Waals surface area (Å²) >= 11 is 3.45. The van der Waals surface area contributed by atoms with Gasteiger partial charge in [-0.2, -0.15) is 4.98 Å². The summed E-state index contributed by atoms with van der Waals surface area (Å²) in [6.07, 6.45) is 6.44. The Labute approximate surface area is 126 Å². The lowest BCUT2D eigenvalue weighted by molar-refractivity contribution is 0.261. The van der Waals surface area contributed by atoms with Crippen molar-refractivity contribution in [1.29, 1.82) is 0 Å². The number of aromatic nitrogens is 2. The molecule has 0 spiro atoms. The molecule has 2 N–H and O–H groups in total. The van der Waals surface area contributed by atoms with Gasteiger partial charge in [0.2, 0.25) is 11.7 Å². The van der Waals surface area contributed by atoms with E-state index in [0.29, 0.717) is 18.1 Å². The summed E-state index contributed by atoms with van der Waals surface area (Å²) < 4.78 is 6.37. The van der Waals surface area contributed by atoms with Crippen molar-refractivity contribution in [3.63, 3.8) is 0 Å². The van der Waals surface area contributed by atoms with Crippen LogP contribution in [0.2, 0.25) is 0 Å². The predicted molar refractivity (Wildman–Crippen MR) is 81.1 cm³/mol. The monoisotopic (exact) mass is 335 g/mol. The fourth-order valence-electron chi connectivity index (χ4n) is 2.81. The molecule has 0 atom stereocenters. The highest BCUT2D eigenvalue weighted by Gasteiger charge is 2.30. The largest absolute Gasteiger partial charge is 0.339 e. The van der Waals surface area contributed by atoms with Crippen molar-refractivity contribution in [3.8, 4) is 11.4 Å². The lowest BCUT2D eigenvalue weighted by atomic mass is 9.80. The SMILES string of the molecule is NC1(Cc2nc(-c3cccc(Br)c3)no2)CCCCC1. The third kappa shape index (κ3) is 3.10. The van der Waals surface area contributed by atoms with Crippen LogP contribution in [0.5, 0.6) is 0 Å². The molecule has 3 rings (SSSR count). The molecule has 0 bridgehead atoms. The Balaban J connectivity index is 1.77. The summed E-state index contributed by atoms with van der Waals surface area (Å²) in [5.74, 6) is 1.27. The van der Waals surface area contributed by atoms with E-state index in [2.05, 4.69) is 26.1 Å². The van der Waals surface area contributed by atoms with Gasteiger partial charge < -0.3 is 10.3 Å². The molecule has 1 aromatic heterocycles. The van der Waals surface area contributed by atoms with E-state index in [4.69, 9.17) is 10.3 Å². The first kappa shape index (κ1) is 13.8. The molecule has 0 saturated heterocycles. The minimum absolute atomic E-state index is 0.167. The molecule has 1 aromatic carbocycles. The normalized spacial score (nSPS) is 18.1. The van der Waals surface area contributed by atoms with E-state index in [0.717, 1.165) is 22.9 Å². The molecule has 0 radical (unpaired) electrons. The van der Waals surface area contributed by atoms with Gasteiger partial charge in [0.05, 0.1) is 0 Å². The Morgan fingerprint density at radius 1 is 1.25 bits per heavy atom. The van der Waals surface area contributed by atoms with Crippen molar-refractivity contribution in [2.24, 2.45) is 5.73 Å². The predicted octanol–water partition coefficient (Wildman–Crippen LogP) is 3.70. The molecule has 1 heterocycles. The van der Waals surface area contributed by atoms with Crippen LogP contribution in [-0.4, -0.2) is 15.7 Å². The maximum Gasteiger partial charge on any atom is 0.228 e. The first-order valence-electron chi connectivity index (χ1n) is 7.02. The summed E-state index contributed by atoms with van der Waals surface area (Å²) in [4.78, 5) is 4.48. The van der Waals surface area contributed by atoms with Crippen molar-refractivity contribution in [2.45, 2.75) is 44.1 Å². The quantitative estimate of drug-likeness (QED) is 0.928. The topological polar surface area (TPSA) is 64.9 Å². The highest BCUT2D eigenvalue weighted by atomic mass is 79.9. The van der Waals surface area contributed by atoms with Gasteiger partial charge in [-0.15, -0.1) is 0 Å². The number of hydrogen-bond donors (Lipinski definition) is 1. The molecule has 106 valence electrons. The molecule has 1 fully saturated rings. The molecule has 1 aliphatic rings. The molecule has 5 heteroatoms. The van der Waals surface area contributed by atoms with E-state index < -0.39 is 0 Å². The summed E-state index contributed by atoms with van der Waals surface area (Å²) in [6, 6.07) is 7.88. The number of hydrogen-bond acceptors (Lipinski definition) is 4.